The third kappa shape index (κ3) is 45.3. The molecule has 0 aliphatic carbocycles. The second-order valence-corrected chi connectivity index (χ2v) is 7.40. The Morgan fingerprint density at radius 3 is 1.78 bits per heavy atom. The summed E-state index contributed by atoms with van der Waals surface area (Å²) >= 11 is -1.72. The molecule has 0 heterocycles. The molecule has 0 saturated carbocycles. The summed E-state index contributed by atoms with van der Waals surface area (Å²) in [6.07, 6.45) is 0. The second kappa shape index (κ2) is 12.0. The number of ether oxygens (including phenoxy) is 1. The smallest absolute Gasteiger partial charge is 0.394 e. The van der Waals surface area contributed by atoms with Gasteiger partial charge >= 0.3 is 11.4 Å². The van der Waals surface area contributed by atoms with E-state index in [0.717, 1.165) is 0 Å². The molecular formula is C3H8AlCl3O2. The summed E-state index contributed by atoms with van der Waals surface area (Å²) in [7, 11) is 16.4. The van der Waals surface area contributed by atoms with Crippen molar-refractivity contribution in [3.05, 3.63) is 0 Å². The Hall–Kier alpha value is 1.32. The van der Waals surface area contributed by atoms with Crippen molar-refractivity contribution in [2.45, 2.75) is 0 Å². The molecule has 9 heavy (non-hydrogen) atoms. The number of halogens is 3. The van der Waals surface area contributed by atoms with E-state index in [4.69, 9.17) is 35.3 Å². The zero-order chi connectivity index (χ0) is 7.70. The van der Waals surface area contributed by atoms with E-state index in [1.807, 2.05) is 0 Å². The SMILES string of the molecule is COCCO.[Cl][Al]([Cl])[Cl]. The van der Waals surface area contributed by atoms with E-state index in [1.54, 1.807) is 7.11 Å². The van der Waals surface area contributed by atoms with Crippen molar-refractivity contribution in [2.75, 3.05) is 20.3 Å². The normalized spacial score (nSPS) is 7.67. The van der Waals surface area contributed by atoms with Crippen LogP contribution in [0.1, 0.15) is 0 Å². The van der Waals surface area contributed by atoms with Gasteiger partial charge in [0.1, 0.15) is 0 Å². The van der Waals surface area contributed by atoms with Crippen LogP contribution in [0.3, 0.4) is 0 Å². The highest BCUT2D eigenvalue weighted by atomic mass is 35.8. The van der Waals surface area contributed by atoms with Crippen molar-refractivity contribution in [2.24, 2.45) is 0 Å². The van der Waals surface area contributed by atoms with Crippen LogP contribution in [0.2, 0.25) is 0 Å². The molecular weight excluding hydrogens is 201 g/mol. The number of hydrogen-bond acceptors (Lipinski definition) is 2. The van der Waals surface area contributed by atoms with E-state index in [1.165, 1.54) is 0 Å². The quantitative estimate of drug-likeness (QED) is 0.695. The Bertz CT molecular complexity index is 41.3. The van der Waals surface area contributed by atoms with Crippen molar-refractivity contribution >= 4 is 41.5 Å². The van der Waals surface area contributed by atoms with Crippen LogP contribution in [0.15, 0.2) is 0 Å². The molecule has 0 aliphatic rings. The largest absolute Gasteiger partial charge is 0.643 e. The Kier molecular flexibility index (Phi) is 17.3. The standard InChI is InChI=1S/C3H8O2.Al.3ClH/c1-5-3-2-4;;;;/h4H,2-3H2,1H3;;3*1H/q;+3;;;/p-3. The van der Waals surface area contributed by atoms with Crippen molar-refractivity contribution in [3.63, 3.8) is 0 Å². The molecule has 56 valence electrons. The maximum Gasteiger partial charge on any atom is 0.643 e. The van der Waals surface area contributed by atoms with Gasteiger partial charge in [0.05, 0.1) is 13.2 Å². The summed E-state index contributed by atoms with van der Waals surface area (Å²) in [6, 6.07) is 0. The van der Waals surface area contributed by atoms with Crippen molar-refractivity contribution in [3.8, 4) is 0 Å². The van der Waals surface area contributed by atoms with Gasteiger partial charge < -0.3 is 9.84 Å². The Morgan fingerprint density at radius 1 is 1.44 bits per heavy atom. The first kappa shape index (κ1) is 13.0. The predicted molar refractivity (Wildman–Crippen MR) is 42.3 cm³/mol. The molecule has 6 heteroatoms. The van der Waals surface area contributed by atoms with Gasteiger partial charge in [-0.25, -0.2) is 30.1 Å². The van der Waals surface area contributed by atoms with Crippen LogP contribution in [0.25, 0.3) is 0 Å². The van der Waals surface area contributed by atoms with Crippen LogP contribution in [-0.2, 0) is 4.74 Å². The minimum Gasteiger partial charge on any atom is -0.394 e. The third-order valence-electron chi connectivity index (χ3n) is 0.295. The zero-order valence-electron chi connectivity index (χ0n) is 4.98. The molecule has 0 bridgehead atoms. The van der Waals surface area contributed by atoms with E-state index in [0.29, 0.717) is 6.61 Å². The zero-order valence-corrected chi connectivity index (χ0v) is 8.40. The fraction of sp³-hybridized carbons (Fsp3) is 1.00. The first-order valence-corrected chi connectivity index (χ1v) is 7.41. The minimum atomic E-state index is -1.72. The molecule has 0 saturated heterocycles. The molecule has 1 N–H and O–H groups in total. The van der Waals surface area contributed by atoms with E-state index in [-0.39, 0.29) is 6.61 Å². The fourth-order valence-electron chi connectivity index (χ4n) is 0.0913. The number of methoxy groups -OCH3 is 1. The van der Waals surface area contributed by atoms with Crippen LogP contribution < -0.4 is 0 Å². The average molecular weight is 209 g/mol. The summed E-state index contributed by atoms with van der Waals surface area (Å²) in [5.74, 6) is 0. The highest BCUT2D eigenvalue weighted by molar-refractivity contribution is 7.54. The summed E-state index contributed by atoms with van der Waals surface area (Å²) in [5.41, 5.74) is 0. The maximum absolute atomic E-state index is 7.94. The molecule has 0 radical (unpaired) electrons. The topological polar surface area (TPSA) is 29.5 Å². The van der Waals surface area contributed by atoms with E-state index >= 15 is 0 Å². The second-order valence-electron chi connectivity index (χ2n) is 0.964. The van der Waals surface area contributed by atoms with Crippen molar-refractivity contribution < 1.29 is 9.84 Å². The number of aliphatic hydroxyl groups is 1. The fourth-order valence-corrected chi connectivity index (χ4v) is 0.0913. The lowest BCUT2D eigenvalue weighted by Crippen LogP contribution is -1.91. The molecule has 0 spiro atoms. The number of aliphatic hydroxyl groups excluding tert-OH is 1. The van der Waals surface area contributed by atoms with Gasteiger partial charge in [0.15, 0.2) is 0 Å². The first-order valence-electron chi connectivity index (χ1n) is 2.17. The van der Waals surface area contributed by atoms with Gasteiger partial charge in [0, 0.05) is 7.11 Å². The van der Waals surface area contributed by atoms with Crippen LogP contribution in [0.4, 0.5) is 0 Å². The molecule has 0 aliphatic heterocycles. The molecule has 2 nitrogen and oxygen atoms in total. The highest BCUT2D eigenvalue weighted by Crippen LogP contribution is 1.97. The van der Waals surface area contributed by atoms with Gasteiger partial charge in [0.25, 0.3) is 0 Å². The lowest BCUT2D eigenvalue weighted by molar-refractivity contribution is 0.135. The van der Waals surface area contributed by atoms with Crippen molar-refractivity contribution in [1.29, 1.82) is 0 Å². The van der Waals surface area contributed by atoms with Crippen LogP contribution in [-0.4, -0.2) is 36.8 Å². The van der Waals surface area contributed by atoms with E-state index in [2.05, 4.69) is 4.74 Å². The number of rotatable bonds is 2. The van der Waals surface area contributed by atoms with Gasteiger partial charge in [-0.2, -0.15) is 0 Å². The molecule has 0 aromatic heterocycles. The summed E-state index contributed by atoms with van der Waals surface area (Å²) in [4.78, 5) is 0. The minimum absolute atomic E-state index is 0.122. The van der Waals surface area contributed by atoms with Gasteiger partial charge in [-0.1, -0.05) is 0 Å². The van der Waals surface area contributed by atoms with Gasteiger partial charge in [-0.15, -0.1) is 0 Å². The average Bonchev–Trinajstić information content (AvgIpc) is 1.66. The molecule has 0 aromatic rings. The van der Waals surface area contributed by atoms with Gasteiger partial charge in [0.2, 0.25) is 0 Å². The lowest BCUT2D eigenvalue weighted by atomic mass is 10.8. The Balaban J connectivity index is 0. The monoisotopic (exact) mass is 208 g/mol. The molecule has 0 atom stereocenters. The van der Waals surface area contributed by atoms with Gasteiger partial charge in [-0.3, -0.25) is 0 Å². The van der Waals surface area contributed by atoms with Crippen LogP contribution >= 0.6 is 30.1 Å². The molecule has 0 fully saturated rings. The molecule has 0 unspecified atom stereocenters. The molecule has 0 aromatic carbocycles. The predicted octanol–water partition coefficient (Wildman–Crippen LogP) is 1.31. The Morgan fingerprint density at radius 2 is 1.78 bits per heavy atom. The third-order valence-corrected chi connectivity index (χ3v) is 0.295. The summed E-state index contributed by atoms with van der Waals surface area (Å²) in [6.45, 7) is 0.566. The van der Waals surface area contributed by atoms with E-state index in [9.17, 15) is 0 Å². The molecule has 0 rings (SSSR count). The van der Waals surface area contributed by atoms with E-state index < -0.39 is 11.4 Å². The first-order chi connectivity index (χ1) is 4.15. The Labute approximate surface area is 71.7 Å². The lowest BCUT2D eigenvalue weighted by Gasteiger charge is -1.84. The summed E-state index contributed by atoms with van der Waals surface area (Å²) in [5, 5.41) is 7.94. The van der Waals surface area contributed by atoms with Crippen molar-refractivity contribution in [1.82, 2.24) is 0 Å². The highest BCUT2D eigenvalue weighted by Gasteiger charge is 2.00. The summed E-state index contributed by atoms with van der Waals surface area (Å²) < 4.78 is 4.44. The van der Waals surface area contributed by atoms with Crippen LogP contribution in [0.5, 0.6) is 0 Å². The van der Waals surface area contributed by atoms with Gasteiger partial charge in [-0.05, 0) is 0 Å². The van der Waals surface area contributed by atoms with Crippen LogP contribution in [0, 0.1) is 0 Å². The molecule has 0 amide bonds. The number of hydrogen-bond donors (Lipinski definition) is 1. The maximum atomic E-state index is 7.94.